The lowest BCUT2D eigenvalue weighted by molar-refractivity contribution is 0.0950. The number of anilines is 2. The lowest BCUT2D eigenvalue weighted by Crippen LogP contribution is -2.23. The quantitative estimate of drug-likeness (QED) is 0.705. The van der Waals surface area contributed by atoms with Gasteiger partial charge in [-0.25, -0.2) is 0 Å². The summed E-state index contributed by atoms with van der Waals surface area (Å²) >= 11 is 0. The topological polar surface area (TPSA) is 63.2 Å². The minimum atomic E-state index is -0.163. The molecule has 5 heteroatoms. The van der Waals surface area contributed by atoms with Gasteiger partial charge in [-0.05, 0) is 36.2 Å². The number of aryl methyl sites for hydroxylation is 1. The molecule has 26 heavy (non-hydrogen) atoms. The minimum absolute atomic E-state index is 0.163. The third kappa shape index (κ3) is 4.19. The summed E-state index contributed by atoms with van der Waals surface area (Å²) in [4.78, 5) is 16.6. The van der Waals surface area contributed by atoms with Gasteiger partial charge in [0.1, 0.15) is 5.75 Å². The molecule has 0 bridgehead atoms. The van der Waals surface area contributed by atoms with Crippen LogP contribution in [0.15, 0.2) is 67.0 Å². The van der Waals surface area contributed by atoms with E-state index in [1.54, 1.807) is 25.6 Å². The van der Waals surface area contributed by atoms with Gasteiger partial charge in [-0.2, -0.15) is 0 Å². The van der Waals surface area contributed by atoms with E-state index in [4.69, 9.17) is 4.74 Å². The molecule has 1 heterocycles. The van der Waals surface area contributed by atoms with Gasteiger partial charge in [0.2, 0.25) is 0 Å². The van der Waals surface area contributed by atoms with Crippen molar-refractivity contribution in [3.8, 4) is 5.75 Å². The Kier molecular flexibility index (Phi) is 5.49. The summed E-state index contributed by atoms with van der Waals surface area (Å²) in [7, 11) is 1.62. The van der Waals surface area contributed by atoms with Gasteiger partial charge in [0.05, 0.1) is 30.2 Å². The van der Waals surface area contributed by atoms with Crippen molar-refractivity contribution in [2.75, 3.05) is 12.4 Å². The molecule has 0 atom stereocenters. The molecule has 2 aromatic carbocycles. The average molecular weight is 347 g/mol. The molecule has 0 saturated carbocycles. The summed E-state index contributed by atoms with van der Waals surface area (Å²) in [5.41, 5.74) is 4.28. The van der Waals surface area contributed by atoms with Crippen molar-refractivity contribution >= 4 is 17.3 Å². The van der Waals surface area contributed by atoms with E-state index in [1.807, 2.05) is 55.5 Å². The Morgan fingerprint density at radius 1 is 1.08 bits per heavy atom. The monoisotopic (exact) mass is 347 g/mol. The summed E-state index contributed by atoms with van der Waals surface area (Å²) in [6.45, 7) is 2.51. The Labute approximate surface area is 153 Å². The van der Waals surface area contributed by atoms with Crippen molar-refractivity contribution in [2.45, 2.75) is 13.5 Å². The van der Waals surface area contributed by atoms with Crippen LogP contribution in [0.4, 0.5) is 11.4 Å². The first-order valence-corrected chi connectivity index (χ1v) is 8.35. The lowest BCUT2D eigenvalue weighted by atomic mass is 10.1. The molecule has 1 amide bonds. The summed E-state index contributed by atoms with van der Waals surface area (Å²) in [6.07, 6.45) is 3.23. The normalized spacial score (nSPS) is 10.2. The Morgan fingerprint density at radius 2 is 1.85 bits per heavy atom. The molecular formula is C21H21N3O2. The highest BCUT2D eigenvalue weighted by molar-refractivity contribution is 5.94. The molecular weight excluding hydrogens is 326 g/mol. The van der Waals surface area contributed by atoms with Gasteiger partial charge in [-0.1, -0.05) is 36.4 Å². The Bertz CT molecular complexity index is 909. The number of ether oxygens (including phenoxy) is 1. The molecule has 3 aromatic rings. The highest BCUT2D eigenvalue weighted by Gasteiger charge is 2.09. The predicted molar refractivity (Wildman–Crippen MR) is 103 cm³/mol. The minimum Gasteiger partial charge on any atom is -0.495 e. The molecule has 0 fully saturated rings. The van der Waals surface area contributed by atoms with Gasteiger partial charge >= 0.3 is 0 Å². The van der Waals surface area contributed by atoms with Crippen LogP contribution in [0.5, 0.6) is 5.75 Å². The van der Waals surface area contributed by atoms with Crippen molar-refractivity contribution in [1.82, 2.24) is 10.3 Å². The number of para-hydroxylation sites is 2. The van der Waals surface area contributed by atoms with Gasteiger partial charge in [-0.3, -0.25) is 9.78 Å². The highest BCUT2D eigenvalue weighted by atomic mass is 16.5. The molecule has 132 valence electrons. The number of nitrogens with zero attached hydrogens (tertiary/aromatic N) is 1. The first-order valence-electron chi connectivity index (χ1n) is 8.35. The van der Waals surface area contributed by atoms with Crippen molar-refractivity contribution < 1.29 is 9.53 Å². The van der Waals surface area contributed by atoms with Crippen LogP contribution >= 0.6 is 0 Å². The Hall–Kier alpha value is -3.34. The van der Waals surface area contributed by atoms with E-state index < -0.39 is 0 Å². The molecule has 1 aromatic heterocycles. The second kappa shape index (κ2) is 8.16. The molecule has 0 unspecified atom stereocenters. The van der Waals surface area contributed by atoms with E-state index in [-0.39, 0.29) is 5.91 Å². The highest BCUT2D eigenvalue weighted by Crippen LogP contribution is 2.26. The maximum atomic E-state index is 12.5. The van der Waals surface area contributed by atoms with Gasteiger partial charge in [-0.15, -0.1) is 0 Å². The van der Waals surface area contributed by atoms with Gasteiger partial charge < -0.3 is 15.4 Å². The third-order valence-electron chi connectivity index (χ3n) is 4.09. The molecule has 5 nitrogen and oxygen atoms in total. The number of carbonyl (C=O) groups is 1. The zero-order valence-electron chi connectivity index (χ0n) is 14.8. The fraction of sp³-hybridized carbons (Fsp3) is 0.143. The number of nitrogens with one attached hydrogen (secondary N) is 2. The average Bonchev–Trinajstić information content (AvgIpc) is 2.68. The summed E-state index contributed by atoms with van der Waals surface area (Å²) in [6, 6.07) is 17.3. The Balaban J connectivity index is 1.70. The van der Waals surface area contributed by atoms with Crippen LogP contribution in [0.1, 0.15) is 21.5 Å². The standard InChI is InChI=1S/C21H21N3O2/c1-15-7-3-4-8-16(15)13-23-21(25)17-11-18(14-22-12-17)24-19-9-5-6-10-20(19)26-2/h3-12,14,24H,13H2,1-2H3,(H,23,25). The fourth-order valence-corrected chi connectivity index (χ4v) is 2.62. The van der Waals surface area contributed by atoms with Crippen LogP contribution in [0.3, 0.4) is 0 Å². The van der Waals surface area contributed by atoms with E-state index >= 15 is 0 Å². The Morgan fingerprint density at radius 3 is 2.65 bits per heavy atom. The first kappa shape index (κ1) is 17.5. The maximum absolute atomic E-state index is 12.5. The van der Waals surface area contributed by atoms with Crippen molar-refractivity contribution in [3.63, 3.8) is 0 Å². The first-order chi connectivity index (χ1) is 12.7. The lowest BCUT2D eigenvalue weighted by Gasteiger charge is -2.12. The van der Waals surface area contributed by atoms with Gasteiger partial charge in [0.25, 0.3) is 5.91 Å². The van der Waals surface area contributed by atoms with Crippen LogP contribution in [0.25, 0.3) is 0 Å². The van der Waals surface area contributed by atoms with E-state index in [9.17, 15) is 4.79 Å². The third-order valence-corrected chi connectivity index (χ3v) is 4.09. The maximum Gasteiger partial charge on any atom is 0.253 e. The molecule has 3 rings (SSSR count). The molecule has 0 aliphatic heterocycles. The predicted octanol–water partition coefficient (Wildman–Crippen LogP) is 4.07. The molecule has 2 N–H and O–H groups in total. The molecule has 0 aliphatic carbocycles. The van der Waals surface area contributed by atoms with Crippen LogP contribution in [-0.2, 0) is 6.54 Å². The van der Waals surface area contributed by atoms with Crippen molar-refractivity contribution in [1.29, 1.82) is 0 Å². The second-order valence-electron chi connectivity index (χ2n) is 5.90. The van der Waals surface area contributed by atoms with Crippen LogP contribution in [0.2, 0.25) is 0 Å². The number of hydrogen-bond donors (Lipinski definition) is 2. The van der Waals surface area contributed by atoms with Crippen LogP contribution in [0, 0.1) is 6.92 Å². The van der Waals surface area contributed by atoms with Gasteiger partial charge in [0, 0.05) is 12.7 Å². The summed E-state index contributed by atoms with van der Waals surface area (Å²) in [5.74, 6) is 0.561. The number of hydrogen-bond acceptors (Lipinski definition) is 4. The number of rotatable bonds is 6. The zero-order valence-corrected chi connectivity index (χ0v) is 14.8. The fourth-order valence-electron chi connectivity index (χ4n) is 2.62. The van der Waals surface area contributed by atoms with Crippen LogP contribution in [-0.4, -0.2) is 18.0 Å². The van der Waals surface area contributed by atoms with E-state index in [1.165, 1.54) is 0 Å². The summed E-state index contributed by atoms with van der Waals surface area (Å²) < 4.78 is 5.33. The SMILES string of the molecule is COc1ccccc1Nc1cncc(C(=O)NCc2ccccc2C)c1. The van der Waals surface area contributed by atoms with Crippen LogP contribution < -0.4 is 15.4 Å². The number of methoxy groups -OCH3 is 1. The summed E-state index contributed by atoms with van der Waals surface area (Å²) in [5, 5.41) is 6.17. The van der Waals surface area contributed by atoms with E-state index in [0.29, 0.717) is 12.1 Å². The number of benzene rings is 2. The number of aromatic nitrogens is 1. The molecule has 0 spiro atoms. The zero-order chi connectivity index (χ0) is 18.4. The van der Waals surface area contributed by atoms with Crippen molar-refractivity contribution in [3.05, 3.63) is 83.7 Å². The molecule has 0 aliphatic rings. The van der Waals surface area contributed by atoms with Gasteiger partial charge in [0.15, 0.2) is 0 Å². The second-order valence-corrected chi connectivity index (χ2v) is 5.90. The van der Waals surface area contributed by atoms with E-state index in [2.05, 4.69) is 15.6 Å². The number of carbonyl (C=O) groups excluding carboxylic acids is 1. The number of pyridine rings is 1. The smallest absolute Gasteiger partial charge is 0.253 e. The van der Waals surface area contributed by atoms with E-state index in [0.717, 1.165) is 28.3 Å². The van der Waals surface area contributed by atoms with Crippen molar-refractivity contribution in [2.24, 2.45) is 0 Å². The largest absolute Gasteiger partial charge is 0.495 e. The number of amides is 1. The molecule has 0 radical (unpaired) electrons. The molecule has 0 saturated heterocycles.